The molecule has 1 aromatic carbocycles. The lowest BCUT2D eigenvalue weighted by molar-refractivity contribution is -0.134. The molecule has 2 N–H and O–H groups in total. The van der Waals surface area contributed by atoms with Gasteiger partial charge in [-0.25, -0.2) is 9.37 Å². The van der Waals surface area contributed by atoms with Gasteiger partial charge in [0.05, 0.1) is 11.8 Å². The molecular weight excluding hydrogens is 325 g/mol. The molecule has 1 aromatic heterocycles. The number of hydrogen-bond acceptors (Lipinski definition) is 4. The van der Waals surface area contributed by atoms with Crippen LogP contribution in [-0.2, 0) is 16.0 Å². The maximum absolute atomic E-state index is 13.7. The number of aromatic nitrogens is 1. The molecule has 0 bridgehead atoms. The summed E-state index contributed by atoms with van der Waals surface area (Å²) in [7, 11) is 0. The number of carbonyl (C=O) groups is 2. The van der Waals surface area contributed by atoms with Gasteiger partial charge in [0.25, 0.3) is 0 Å². The van der Waals surface area contributed by atoms with Gasteiger partial charge in [0.15, 0.2) is 11.7 Å². The Kier molecular flexibility index (Phi) is 5.11. The summed E-state index contributed by atoms with van der Waals surface area (Å²) < 4.78 is 19.3. The largest absolute Gasteiger partial charge is 0.441 e. The molecule has 0 aliphatic carbocycles. The normalized spacial score (nSPS) is 15.3. The van der Waals surface area contributed by atoms with Gasteiger partial charge in [-0.3, -0.25) is 9.59 Å². The van der Waals surface area contributed by atoms with Crippen LogP contribution in [0.4, 0.5) is 4.39 Å². The third-order valence-electron chi connectivity index (χ3n) is 4.50. The number of rotatable bonds is 5. The van der Waals surface area contributed by atoms with Crippen LogP contribution in [0.25, 0.3) is 11.3 Å². The first-order valence-electron chi connectivity index (χ1n) is 8.31. The summed E-state index contributed by atoms with van der Waals surface area (Å²) in [6.45, 7) is 1.08. The smallest absolute Gasteiger partial charge is 0.223 e. The highest BCUT2D eigenvalue weighted by molar-refractivity contribution is 5.79. The first-order chi connectivity index (χ1) is 12.0. The molecule has 2 amide bonds. The third kappa shape index (κ3) is 4.04. The Balaban J connectivity index is 1.53. The SMILES string of the molecule is NC(=O)C1CCN(C(=O)CCc2ncc(-c3ccccc3F)o2)CC1. The van der Waals surface area contributed by atoms with Crippen LogP contribution >= 0.6 is 0 Å². The minimum absolute atomic E-state index is 0.00596. The van der Waals surface area contributed by atoms with Crippen LogP contribution in [0.2, 0.25) is 0 Å². The number of likely N-dealkylation sites (tertiary alicyclic amines) is 1. The van der Waals surface area contributed by atoms with Crippen molar-refractivity contribution < 1.29 is 18.4 Å². The van der Waals surface area contributed by atoms with Gasteiger partial charge in [-0.05, 0) is 25.0 Å². The number of carbonyl (C=O) groups excluding carboxylic acids is 2. The second-order valence-corrected chi connectivity index (χ2v) is 6.16. The first kappa shape index (κ1) is 17.1. The van der Waals surface area contributed by atoms with Gasteiger partial charge in [0.1, 0.15) is 5.82 Å². The molecule has 6 nitrogen and oxygen atoms in total. The summed E-state index contributed by atoms with van der Waals surface area (Å²) in [6, 6.07) is 6.31. The Bertz CT molecular complexity index is 766. The molecule has 2 heterocycles. The van der Waals surface area contributed by atoms with Crippen LogP contribution in [0.1, 0.15) is 25.2 Å². The quantitative estimate of drug-likeness (QED) is 0.899. The number of aryl methyl sites for hydroxylation is 1. The fourth-order valence-corrected chi connectivity index (χ4v) is 3.00. The Morgan fingerprint density at radius 3 is 2.68 bits per heavy atom. The van der Waals surface area contributed by atoms with E-state index >= 15 is 0 Å². The van der Waals surface area contributed by atoms with E-state index in [2.05, 4.69) is 4.98 Å². The number of benzene rings is 1. The summed E-state index contributed by atoms with van der Waals surface area (Å²) in [4.78, 5) is 29.3. The van der Waals surface area contributed by atoms with Crippen molar-refractivity contribution in [3.05, 3.63) is 42.2 Å². The lowest BCUT2D eigenvalue weighted by Crippen LogP contribution is -2.41. The van der Waals surface area contributed by atoms with E-state index in [1.807, 2.05) is 0 Å². The van der Waals surface area contributed by atoms with E-state index in [0.29, 0.717) is 49.6 Å². The van der Waals surface area contributed by atoms with Crippen molar-refractivity contribution in [2.24, 2.45) is 11.7 Å². The Labute approximate surface area is 144 Å². The summed E-state index contributed by atoms with van der Waals surface area (Å²) in [5, 5.41) is 0. The highest BCUT2D eigenvalue weighted by atomic mass is 19.1. The molecule has 1 saturated heterocycles. The molecule has 0 unspecified atom stereocenters. The zero-order chi connectivity index (χ0) is 17.8. The van der Waals surface area contributed by atoms with Crippen LogP contribution < -0.4 is 5.73 Å². The molecule has 1 aliphatic heterocycles. The van der Waals surface area contributed by atoms with Crippen molar-refractivity contribution in [1.82, 2.24) is 9.88 Å². The van der Waals surface area contributed by atoms with E-state index in [1.165, 1.54) is 12.3 Å². The van der Waals surface area contributed by atoms with Gasteiger partial charge < -0.3 is 15.1 Å². The molecule has 0 spiro atoms. The van der Waals surface area contributed by atoms with Crippen molar-refractivity contribution >= 4 is 11.8 Å². The summed E-state index contributed by atoms with van der Waals surface area (Å²) in [5.74, 6) is -0.0692. The second kappa shape index (κ2) is 7.46. The number of nitrogens with two attached hydrogens (primary N) is 1. The molecule has 7 heteroatoms. The zero-order valence-corrected chi connectivity index (χ0v) is 13.8. The molecule has 0 atom stereocenters. The molecule has 3 rings (SSSR count). The second-order valence-electron chi connectivity index (χ2n) is 6.16. The number of hydrogen-bond donors (Lipinski definition) is 1. The van der Waals surface area contributed by atoms with E-state index in [0.717, 1.165) is 0 Å². The Morgan fingerprint density at radius 2 is 2.00 bits per heavy atom. The monoisotopic (exact) mass is 345 g/mol. The summed E-state index contributed by atoms with van der Waals surface area (Å²) in [6.07, 6.45) is 3.30. The zero-order valence-electron chi connectivity index (χ0n) is 13.8. The number of halogens is 1. The number of nitrogens with zero attached hydrogens (tertiary/aromatic N) is 2. The maximum Gasteiger partial charge on any atom is 0.223 e. The van der Waals surface area contributed by atoms with Crippen molar-refractivity contribution in [2.45, 2.75) is 25.7 Å². The highest BCUT2D eigenvalue weighted by Crippen LogP contribution is 2.24. The molecule has 132 valence electrons. The van der Waals surface area contributed by atoms with Crippen molar-refractivity contribution in [2.75, 3.05) is 13.1 Å². The van der Waals surface area contributed by atoms with Crippen LogP contribution in [0, 0.1) is 11.7 Å². The molecule has 1 aliphatic rings. The van der Waals surface area contributed by atoms with Crippen molar-refractivity contribution in [3.63, 3.8) is 0 Å². The lowest BCUT2D eigenvalue weighted by Gasteiger charge is -2.30. The predicted molar refractivity (Wildman–Crippen MR) is 88.7 cm³/mol. The molecular formula is C18H20FN3O3. The third-order valence-corrected chi connectivity index (χ3v) is 4.50. The predicted octanol–water partition coefficient (Wildman–Crippen LogP) is 2.14. The number of oxazole rings is 1. The topological polar surface area (TPSA) is 89.4 Å². The van der Waals surface area contributed by atoms with Crippen LogP contribution in [0.3, 0.4) is 0 Å². The number of amides is 2. The highest BCUT2D eigenvalue weighted by Gasteiger charge is 2.25. The van der Waals surface area contributed by atoms with Crippen molar-refractivity contribution in [1.29, 1.82) is 0 Å². The molecule has 0 saturated carbocycles. The van der Waals surface area contributed by atoms with Gasteiger partial charge in [-0.1, -0.05) is 12.1 Å². The Hall–Kier alpha value is -2.70. The first-order valence-corrected chi connectivity index (χ1v) is 8.31. The van der Waals surface area contributed by atoms with Gasteiger partial charge in [-0.15, -0.1) is 0 Å². The summed E-state index contributed by atoms with van der Waals surface area (Å²) >= 11 is 0. The van der Waals surface area contributed by atoms with Crippen LogP contribution in [0.15, 0.2) is 34.9 Å². The fraction of sp³-hybridized carbons (Fsp3) is 0.389. The van der Waals surface area contributed by atoms with E-state index in [1.54, 1.807) is 23.1 Å². The minimum atomic E-state index is -0.376. The van der Waals surface area contributed by atoms with Gasteiger partial charge in [0, 0.05) is 31.8 Å². The standard InChI is InChI=1S/C18H20FN3O3/c19-14-4-2-1-3-13(14)15-11-21-16(25-15)5-6-17(23)22-9-7-12(8-10-22)18(20)24/h1-4,11-12H,5-10H2,(H2,20,24). The van der Waals surface area contributed by atoms with Gasteiger partial charge in [0.2, 0.25) is 11.8 Å². The van der Waals surface area contributed by atoms with Gasteiger partial charge in [-0.2, -0.15) is 0 Å². The van der Waals surface area contributed by atoms with Crippen LogP contribution in [-0.4, -0.2) is 34.8 Å². The van der Waals surface area contributed by atoms with E-state index in [-0.39, 0.29) is 30.0 Å². The van der Waals surface area contributed by atoms with Crippen LogP contribution in [0.5, 0.6) is 0 Å². The Morgan fingerprint density at radius 1 is 1.28 bits per heavy atom. The molecule has 25 heavy (non-hydrogen) atoms. The van der Waals surface area contributed by atoms with Crippen molar-refractivity contribution in [3.8, 4) is 11.3 Å². The fourth-order valence-electron chi connectivity index (χ4n) is 3.00. The molecule has 2 aromatic rings. The number of piperidine rings is 1. The average Bonchev–Trinajstić information content (AvgIpc) is 3.09. The number of primary amides is 1. The molecule has 0 radical (unpaired) electrons. The lowest BCUT2D eigenvalue weighted by atomic mass is 9.96. The molecule has 1 fully saturated rings. The van der Waals surface area contributed by atoms with E-state index in [4.69, 9.17) is 10.2 Å². The average molecular weight is 345 g/mol. The van der Waals surface area contributed by atoms with Gasteiger partial charge >= 0.3 is 0 Å². The van der Waals surface area contributed by atoms with E-state index in [9.17, 15) is 14.0 Å². The van der Waals surface area contributed by atoms with E-state index < -0.39 is 0 Å². The minimum Gasteiger partial charge on any atom is -0.441 e. The maximum atomic E-state index is 13.7. The summed E-state index contributed by atoms with van der Waals surface area (Å²) in [5.41, 5.74) is 5.64.